The van der Waals surface area contributed by atoms with Crippen molar-refractivity contribution in [3.05, 3.63) is 12.2 Å². The van der Waals surface area contributed by atoms with E-state index in [2.05, 4.69) is 49.4 Å². The molecule has 3 heteroatoms. The number of nitriles is 1. The van der Waals surface area contributed by atoms with Crippen LogP contribution in [0.1, 0.15) is 19.8 Å². The van der Waals surface area contributed by atoms with Crippen molar-refractivity contribution in [1.82, 2.24) is 4.57 Å². The van der Waals surface area contributed by atoms with E-state index in [0.717, 1.165) is 19.4 Å². The minimum atomic E-state index is -1.21. The van der Waals surface area contributed by atoms with Gasteiger partial charge in [-0.15, -0.1) is 0 Å². The molecule has 0 aromatic carbocycles. The Morgan fingerprint density at radius 3 is 2.33 bits per heavy atom. The van der Waals surface area contributed by atoms with Crippen LogP contribution in [-0.2, 0) is 0 Å². The van der Waals surface area contributed by atoms with Crippen LogP contribution in [0.5, 0.6) is 0 Å². The maximum absolute atomic E-state index is 8.83. The van der Waals surface area contributed by atoms with Gasteiger partial charge < -0.3 is 4.57 Å². The molecule has 0 saturated heterocycles. The van der Waals surface area contributed by atoms with Gasteiger partial charge in [0.2, 0.25) is 0 Å². The van der Waals surface area contributed by atoms with Crippen molar-refractivity contribution in [3.8, 4) is 6.07 Å². The molecule has 0 aliphatic heterocycles. The molecule has 84 valence electrons. The minimum absolute atomic E-state index is 0.154. The fourth-order valence-corrected chi connectivity index (χ4v) is 4.54. The van der Waals surface area contributed by atoms with Gasteiger partial charge in [0.15, 0.2) is 0 Å². The van der Waals surface area contributed by atoms with Crippen LogP contribution in [0.2, 0.25) is 19.6 Å². The predicted octanol–water partition coefficient (Wildman–Crippen LogP) is 3.00. The third kappa shape index (κ3) is 3.18. The van der Waals surface area contributed by atoms with Gasteiger partial charge in [0.1, 0.15) is 8.24 Å². The van der Waals surface area contributed by atoms with Gasteiger partial charge in [-0.25, -0.2) is 0 Å². The highest BCUT2D eigenvalue weighted by atomic mass is 28.3. The maximum Gasteiger partial charge on any atom is 0.119 e. The molecule has 0 heterocycles. The average Bonchev–Trinajstić information content (AvgIpc) is 2.18. The Morgan fingerprint density at radius 2 is 2.00 bits per heavy atom. The number of hydrogen-bond donors (Lipinski definition) is 0. The minimum Gasteiger partial charge on any atom is -0.318 e. The van der Waals surface area contributed by atoms with E-state index in [1.807, 2.05) is 0 Å². The van der Waals surface area contributed by atoms with Gasteiger partial charge in [0.25, 0.3) is 0 Å². The van der Waals surface area contributed by atoms with Crippen LogP contribution in [0.25, 0.3) is 0 Å². The molecule has 0 N–H and O–H groups in total. The third-order valence-electron chi connectivity index (χ3n) is 3.11. The second-order valence-electron chi connectivity index (χ2n) is 5.22. The Bertz CT molecular complexity index is 272. The van der Waals surface area contributed by atoms with Gasteiger partial charge in [0.05, 0.1) is 12.0 Å². The second-order valence-corrected chi connectivity index (χ2v) is 10.1. The van der Waals surface area contributed by atoms with Gasteiger partial charge in [-0.2, -0.15) is 5.26 Å². The molecule has 1 rings (SSSR count). The van der Waals surface area contributed by atoms with E-state index < -0.39 is 8.24 Å². The molecule has 0 radical (unpaired) electrons. The van der Waals surface area contributed by atoms with E-state index in [1.165, 1.54) is 0 Å². The van der Waals surface area contributed by atoms with Gasteiger partial charge in [-0.05, 0) is 19.4 Å². The van der Waals surface area contributed by atoms with Crippen molar-refractivity contribution >= 4 is 8.24 Å². The molecule has 0 bridgehead atoms. The molecule has 2 atom stereocenters. The van der Waals surface area contributed by atoms with E-state index in [1.54, 1.807) is 0 Å². The summed E-state index contributed by atoms with van der Waals surface area (Å²) in [5, 5.41) is 8.83. The van der Waals surface area contributed by atoms with Crippen molar-refractivity contribution in [1.29, 1.82) is 5.26 Å². The number of allylic oxidation sites excluding steroid dienone is 1. The number of hydrogen-bond acceptors (Lipinski definition) is 2. The summed E-state index contributed by atoms with van der Waals surface area (Å²) < 4.78 is 2.64. The van der Waals surface area contributed by atoms with Gasteiger partial charge in [0, 0.05) is 6.04 Å². The maximum atomic E-state index is 8.83. The van der Waals surface area contributed by atoms with Crippen LogP contribution in [0, 0.1) is 17.2 Å². The highest BCUT2D eigenvalue weighted by Crippen LogP contribution is 2.24. The largest absolute Gasteiger partial charge is 0.318 e. The molecule has 2 nitrogen and oxygen atoms in total. The summed E-state index contributed by atoms with van der Waals surface area (Å²) in [5.74, 6) is 0.154. The summed E-state index contributed by atoms with van der Waals surface area (Å²) in [5.41, 5.74) is 0. The first-order chi connectivity index (χ1) is 6.99. The molecule has 0 amide bonds. The van der Waals surface area contributed by atoms with Crippen LogP contribution in [0.3, 0.4) is 0 Å². The second kappa shape index (κ2) is 4.96. The lowest BCUT2D eigenvalue weighted by atomic mass is 9.94. The standard InChI is InChI=1S/C12H22N2Si/c1-5-14(15(2,3)4)12-8-6-11(10-13)7-9-12/h6,8,11-12H,5,7,9H2,1-4H3. The zero-order valence-electron chi connectivity index (χ0n) is 10.3. The lowest BCUT2D eigenvalue weighted by molar-refractivity contribution is 0.339. The Kier molecular flexibility index (Phi) is 4.12. The molecular formula is C12H22N2Si. The summed E-state index contributed by atoms with van der Waals surface area (Å²) in [6, 6.07) is 2.90. The Morgan fingerprint density at radius 1 is 1.33 bits per heavy atom. The number of nitrogens with zero attached hydrogens (tertiary/aromatic N) is 2. The molecule has 0 saturated carbocycles. The Hall–Kier alpha value is -0.593. The zero-order chi connectivity index (χ0) is 11.5. The predicted molar refractivity (Wildman–Crippen MR) is 67.0 cm³/mol. The van der Waals surface area contributed by atoms with E-state index in [0.29, 0.717) is 6.04 Å². The molecule has 1 aliphatic rings. The summed E-state index contributed by atoms with van der Waals surface area (Å²) >= 11 is 0. The molecular weight excluding hydrogens is 200 g/mol. The van der Waals surface area contributed by atoms with Crippen molar-refractivity contribution in [3.63, 3.8) is 0 Å². The molecule has 0 spiro atoms. The van der Waals surface area contributed by atoms with Crippen molar-refractivity contribution in [2.24, 2.45) is 5.92 Å². The summed E-state index contributed by atoms with van der Waals surface area (Å²) in [7, 11) is -1.21. The van der Waals surface area contributed by atoms with Crippen molar-refractivity contribution in [2.45, 2.75) is 45.4 Å². The molecule has 0 aromatic rings. The first kappa shape index (κ1) is 12.5. The van der Waals surface area contributed by atoms with Crippen LogP contribution >= 0.6 is 0 Å². The van der Waals surface area contributed by atoms with E-state index in [9.17, 15) is 0 Å². The molecule has 0 fully saturated rings. The van der Waals surface area contributed by atoms with Crippen LogP contribution in [0.4, 0.5) is 0 Å². The SMILES string of the molecule is CCN(C1C=CC(C#N)CC1)[Si](C)(C)C. The highest BCUT2D eigenvalue weighted by molar-refractivity contribution is 6.73. The van der Waals surface area contributed by atoms with E-state index >= 15 is 0 Å². The monoisotopic (exact) mass is 222 g/mol. The topological polar surface area (TPSA) is 27.0 Å². The average molecular weight is 222 g/mol. The van der Waals surface area contributed by atoms with Crippen molar-refractivity contribution in [2.75, 3.05) is 6.54 Å². The smallest absolute Gasteiger partial charge is 0.119 e. The molecule has 0 aromatic heterocycles. The third-order valence-corrected chi connectivity index (χ3v) is 5.48. The first-order valence-corrected chi connectivity index (χ1v) is 9.28. The summed E-state index contributed by atoms with van der Waals surface area (Å²) in [6.07, 6.45) is 6.52. The zero-order valence-corrected chi connectivity index (χ0v) is 11.3. The van der Waals surface area contributed by atoms with E-state index in [4.69, 9.17) is 5.26 Å². The quantitative estimate of drug-likeness (QED) is 0.542. The summed E-state index contributed by atoms with van der Waals surface area (Å²) in [4.78, 5) is 0. The van der Waals surface area contributed by atoms with Crippen LogP contribution < -0.4 is 0 Å². The molecule has 2 unspecified atom stereocenters. The lowest BCUT2D eigenvalue weighted by Crippen LogP contribution is -2.51. The van der Waals surface area contributed by atoms with E-state index in [-0.39, 0.29) is 5.92 Å². The molecule has 1 aliphatic carbocycles. The Labute approximate surface area is 94.7 Å². The fraction of sp³-hybridized carbons (Fsp3) is 0.750. The Balaban J connectivity index is 2.70. The normalized spacial score (nSPS) is 26.7. The van der Waals surface area contributed by atoms with Gasteiger partial charge in [-0.3, -0.25) is 0 Å². The number of rotatable bonds is 3. The lowest BCUT2D eigenvalue weighted by Gasteiger charge is -2.40. The summed E-state index contributed by atoms with van der Waals surface area (Å²) in [6.45, 7) is 10.5. The highest BCUT2D eigenvalue weighted by Gasteiger charge is 2.29. The molecule has 15 heavy (non-hydrogen) atoms. The van der Waals surface area contributed by atoms with Gasteiger partial charge >= 0.3 is 0 Å². The fourth-order valence-electron chi connectivity index (χ4n) is 2.38. The number of likely N-dealkylation sites (N-methyl/N-ethyl adjacent to an activating group) is 1. The first-order valence-electron chi connectivity index (χ1n) is 5.83. The van der Waals surface area contributed by atoms with Crippen LogP contribution in [-0.4, -0.2) is 25.4 Å². The van der Waals surface area contributed by atoms with Crippen molar-refractivity contribution < 1.29 is 0 Å². The van der Waals surface area contributed by atoms with Gasteiger partial charge in [-0.1, -0.05) is 38.7 Å². The van der Waals surface area contributed by atoms with Crippen LogP contribution in [0.15, 0.2) is 12.2 Å².